The fourth-order valence-corrected chi connectivity index (χ4v) is 2.68. The summed E-state index contributed by atoms with van der Waals surface area (Å²) in [6.45, 7) is 1.27. The Morgan fingerprint density at radius 2 is 1.75 bits per heavy atom. The van der Waals surface area contributed by atoms with E-state index in [9.17, 15) is 0 Å². The van der Waals surface area contributed by atoms with Gasteiger partial charge in [0.1, 0.15) is 19.0 Å². The molecule has 0 aromatic heterocycles. The lowest BCUT2D eigenvalue weighted by Crippen LogP contribution is -2.14. The molecule has 0 bridgehead atoms. The van der Waals surface area contributed by atoms with E-state index in [1.165, 1.54) is 0 Å². The Bertz CT molecular complexity index is 572. The zero-order valence-electron chi connectivity index (χ0n) is 10.9. The normalized spacial score (nSPS) is 19.8. The predicted molar refractivity (Wildman–Crippen MR) is 82.8 cm³/mol. The quantitative estimate of drug-likeness (QED) is 0.854. The molecule has 0 amide bonds. The van der Waals surface area contributed by atoms with Crippen LogP contribution in [0.2, 0.25) is 0 Å². The zero-order chi connectivity index (χ0) is 13.6. The topological polar surface area (TPSA) is 30.8 Å². The van der Waals surface area contributed by atoms with Crippen LogP contribution < -0.4 is 4.74 Å². The molecule has 1 heterocycles. The van der Waals surface area contributed by atoms with Crippen LogP contribution in [0.3, 0.4) is 0 Å². The molecule has 3 nitrogen and oxygen atoms in total. The molecule has 0 unspecified atom stereocenters. The highest BCUT2D eigenvalue weighted by Crippen LogP contribution is 2.26. The minimum absolute atomic E-state index is 0.290. The number of hydrogen-bond donors (Lipinski definition) is 0. The molecule has 4 heteroatoms. The molecule has 3 rings (SSSR count). The summed E-state index contributed by atoms with van der Waals surface area (Å²) in [6.07, 6.45) is 0. The van der Waals surface area contributed by atoms with E-state index in [0.29, 0.717) is 13.2 Å². The van der Waals surface area contributed by atoms with Gasteiger partial charge in [-0.2, -0.15) is 0 Å². The summed E-state index contributed by atoms with van der Waals surface area (Å²) in [5.74, 6) is 0.890. The molecule has 0 N–H and O–H groups in total. The number of nitrogens with zero attached hydrogens (tertiary/aromatic N) is 1. The van der Waals surface area contributed by atoms with Gasteiger partial charge in [-0.25, -0.2) is 4.99 Å². The Hall–Kier alpha value is -1.94. The highest BCUT2D eigenvalue weighted by molar-refractivity contribution is 8.14. The summed E-state index contributed by atoms with van der Waals surface area (Å²) in [5.41, 5.74) is 0.916. The maximum atomic E-state index is 5.73. The molecule has 0 radical (unpaired) electrons. The van der Waals surface area contributed by atoms with Gasteiger partial charge in [0, 0.05) is 0 Å². The third-order valence-electron chi connectivity index (χ3n) is 2.82. The molecule has 20 heavy (non-hydrogen) atoms. The Labute approximate surface area is 122 Å². The number of thioether (sulfide) groups is 1. The van der Waals surface area contributed by atoms with Gasteiger partial charge in [0.05, 0.1) is 10.9 Å². The smallest absolute Gasteiger partial charge is 0.251 e. The van der Waals surface area contributed by atoms with Crippen molar-refractivity contribution in [3.8, 4) is 5.75 Å². The van der Waals surface area contributed by atoms with Crippen molar-refractivity contribution < 1.29 is 9.47 Å². The lowest BCUT2D eigenvalue weighted by molar-refractivity contribution is 0.262. The van der Waals surface area contributed by atoms with Crippen molar-refractivity contribution >= 4 is 22.7 Å². The van der Waals surface area contributed by atoms with Crippen LogP contribution in [-0.2, 0) is 4.74 Å². The van der Waals surface area contributed by atoms with E-state index in [4.69, 9.17) is 9.47 Å². The van der Waals surface area contributed by atoms with Crippen molar-refractivity contribution in [2.24, 2.45) is 4.99 Å². The van der Waals surface area contributed by atoms with Crippen molar-refractivity contribution in [1.82, 2.24) is 0 Å². The van der Waals surface area contributed by atoms with E-state index in [0.717, 1.165) is 16.7 Å². The van der Waals surface area contributed by atoms with Crippen LogP contribution in [0.4, 0.5) is 5.69 Å². The second-order valence-corrected chi connectivity index (χ2v) is 5.64. The summed E-state index contributed by atoms with van der Waals surface area (Å²) in [5, 5.41) is 1.01. The van der Waals surface area contributed by atoms with E-state index < -0.39 is 0 Å². The molecule has 2 aromatic carbocycles. The van der Waals surface area contributed by atoms with Gasteiger partial charge in [0.2, 0.25) is 0 Å². The number of aliphatic imine (C=N–C) groups is 1. The van der Waals surface area contributed by atoms with Crippen molar-refractivity contribution in [3.05, 3.63) is 60.7 Å². The molecule has 2 aromatic rings. The van der Waals surface area contributed by atoms with Gasteiger partial charge in [-0.05, 0) is 24.3 Å². The van der Waals surface area contributed by atoms with E-state index in [1.54, 1.807) is 11.8 Å². The average Bonchev–Trinajstić information content (AvgIpc) is 2.95. The monoisotopic (exact) mass is 285 g/mol. The molecular weight excluding hydrogens is 270 g/mol. The van der Waals surface area contributed by atoms with Crippen molar-refractivity contribution in [1.29, 1.82) is 0 Å². The van der Waals surface area contributed by atoms with E-state index >= 15 is 0 Å². The maximum absolute atomic E-state index is 5.73. The molecule has 1 aliphatic heterocycles. The second kappa shape index (κ2) is 6.48. The van der Waals surface area contributed by atoms with Crippen LogP contribution in [0, 0.1) is 0 Å². The molecule has 0 saturated carbocycles. The lowest BCUT2D eigenvalue weighted by atomic mass is 10.3. The molecule has 1 fully saturated rings. The van der Waals surface area contributed by atoms with Crippen LogP contribution in [0.1, 0.15) is 0 Å². The Balaban J connectivity index is 1.54. The van der Waals surface area contributed by atoms with Crippen LogP contribution in [0.15, 0.2) is 65.7 Å². The molecule has 0 aliphatic carbocycles. The maximum Gasteiger partial charge on any atom is 0.251 e. The number of para-hydroxylation sites is 2. The Morgan fingerprint density at radius 1 is 1.05 bits per heavy atom. The SMILES string of the molecule is c1ccc(N=C2OC[C@H](COc3ccccc3)S2)cc1. The Morgan fingerprint density at radius 3 is 2.50 bits per heavy atom. The fourth-order valence-electron chi connectivity index (χ4n) is 1.83. The largest absolute Gasteiger partial charge is 0.492 e. The number of benzene rings is 2. The number of hydrogen-bond acceptors (Lipinski definition) is 4. The molecular formula is C16H15NO2S. The predicted octanol–water partition coefficient (Wildman–Crippen LogP) is 3.89. The first-order valence-electron chi connectivity index (χ1n) is 6.51. The molecule has 102 valence electrons. The van der Waals surface area contributed by atoms with E-state index in [-0.39, 0.29) is 5.25 Å². The minimum Gasteiger partial charge on any atom is -0.492 e. The van der Waals surface area contributed by atoms with Gasteiger partial charge in [-0.1, -0.05) is 48.2 Å². The fraction of sp³-hybridized carbons (Fsp3) is 0.188. The molecule has 1 atom stereocenters. The van der Waals surface area contributed by atoms with Crippen LogP contribution in [-0.4, -0.2) is 23.7 Å². The average molecular weight is 285 g/mol. The van der Waals surface area contributed by atoms with Crippen molar-refractivity contribution in [2.75, 3.05) is 13.2 Å². The third kappa shape index (κ3) is 3.54. The zero-order valence-corrected chi connectivity index (χ0v) is 11.8. The Kier molecular flexibility index (Phi) is 4.23. The van der Waals surface area contributed by atoms with E-state index in [2.05, 4.69) is 4.99 Å². The molecule has 1 saturated heterocycles. The standard InChI is InChI=1S/C16H15NO2S/c1-3-7-13(8-4-1)17-16-19-12-15(20-16)11-18-14-9-5-2-6-10-14/h1-10,15H,11-12H2/t15-/m0/s1. The number of rotatable bonds is 4. The number of ether oxygens (including phenoxy) is 2. The van der Waals surface area contributed by atoms with Gasteiger partial charge < -0.3 is 9.47 Å². The van der Waals surface area contributed by atoms with Gasteiger partial charge in [0.15, 0.2) is 0 Å². The summed E-state index contributed by atoms with van der Waals surface area (Å²) in [6, 6.07) is 19.7. The van der Waals surface area contributed by atoms with Crippen molar-refractivity contribution in [3.63, 3.8) is 0 Å². The molecule has 1 aliphatic rings. The highest BCUT2D eigenvalue weighted by Gasteiger charge is 2.24. The first-order chi connectivity index (χ1) is 9.90. The van der Waals surface area contributed by atoms with E-state index in [1.807, 2.05) is 60.7 Å². The summed E-state index contributed by atoms with van der Waals surface area (Å²) in [7, 11) is 0. The first kappa shape index (κ1) is 13.1. The van der Waals surface area contributed by atoms with Gasteiger partial charge in [0.25, 0.3) is 5.23 Å². The highest BCUT2D eigenvalue weighted by atomic mass is 32.2. The summed E-state index contributed by atoms with van der Waals surface area (Å²) < 4.78 is 11.3. The van der Waals surface area contributed by atoms with Crippen LogP contribution >= 0.6 is 11.8 Å². The van der Waals surface area contributed by atoms with Crippen molar-refractivity contribution in [2.45, 2.75) is 5.25 Å². The minimum atomic E-state index is 0.290. The van der Waals surface area contributed by atoms with Gasteiger partial charge in [-0.15, -0.1) is 0 Å². The van der Waals surface area contributed by atoms with Crippen LogP contribution in [0.25, 0.3) is 0 Å². The van der Waals surface area contributed by atoms with Gasteiger partial charge in [-0.3, -0.25) is 0 Å². The lowest BCUT2D eigenvalue weighted by Gasteiger charge is -2.08. The summed E-state index contributed by atoms with van der Waals surface area (Å²) in [4.78, 5) is 4.47. The first-order valence-corrected chi connectivity index (χ1v) is 7.39. The van der Waals surface area contributed by atoms with Crippen LogP contribution in [0.5, 0.6) is 5.75 Å². The summed E-state index contributed by atoms with van der Waals surface area (Å²) >= 11 is 1.63. The van der Waals surface area contributed by atoms with Gasteiger partial charge >= 0.3 is 0 Å². The second-order valence-electron chi connectivity index (χ2n) is 4.39. The molecule has 0 spiro atoms. The third-order valence-corrected chi connectivity index (χ3v) is 3.83.